The number of H-pyrrole nitrogens is 2. The molecule has 0 spiro atoms. The Balaban J connectivity index is 1.83. The number of aryl methyl sites for hydroxylation is 4. The van der Waals surface area contributed by atoms with Crippen molar-refractivity contribution >= 4 is 17.1 Å². The molecule has 2 heterocycles. The van der Waals surface area contributed by atoms with Gasteiger partial charge in [-0.05, 0) is 37.0 Å². The van der Waals surface area contributed by atoms with Gasteiger partial charge in [0.15, 0.2) is 11.2 Å². The fourth-order valence-electron chi connectivity index (χ4n) is 2.31. The molecule has 0 radical (unpaired) electrons. The minimum Gasteiger partial charge on any atom is -0.369 e. The molecule has 21 heavy (non-hydrogen) atoms. The van der Waals surface area contributed by atoms with Crippen molar-refractivity contribution in [1.82, 2.24) is 19.9 Å². The lowest BCUT2D eigenvalue weighted by Crippen LogP contribution is -2.10. The molecule has 0 saturated heterocycles. The molecule has 0 atom stereocenters. The van der Waals surface area contributed by atoms with Gasteiger partial charge < -0.3 is 10.7 Å². The first-order chi connectivity index (χ1) is 10.0. The van der Waals surface area contributed by atoms with E-state index in [0.29, 0.717) is 11.2 Å². The van der Waals surface area contributed by atoms with Crippen LogP contribution in [0.25, 0.3) is 11.2 Å². The highest BCUT2D eigenvalue weighted by Crippen LogP contribution is 2.13. The molecule has 0 unspecified atom stereocenters. The number of aromatic amines is 2. The Labute approximate surface area is 121 Å². The molecule has 0 aliphatic rings. The topological polar surface area (TPSA) is 100 Å². The van der Waals surface area contributed by atoms with Crippen LogP contribution in [0.15, 0.2) is 23.0 Å². The monoisotopic (exact) mass is 283 g/mol. The number of aromatic nitrogens is 4. The summed E-state index contributed by atoms with van der Waals surface area (Å²) in [4.78, 5) is 25.5. The Morgan fingerprint density at radius 1 is 1.10 bits per heavy atom. The summed E-state index contributed by atoms with van der Waals surface area (Å²) in [5, 5.41) is 0. The Kier molecular flexibility index (Phi) is 3.21. The Morgan fingerprint density at radius 3 is 2.67 bits per heavy atom. The van der Waals surface area contributed by atoms with Crippen molar-refractivity contribution < 1.29 is 0 Å². The summed E-state index contributed by atoms with van der Waals surface area (Å²) in [7, 11) is 0. The van der Waals surface area contributed by atoms with E-state index < -0.39 is 0 Å². The molecule has 3 aromatic rings. The van der Waals surface area contributed by atoms with Gasteiger partial charge in [0.2, 0.25) is 5.95 Å². The van der Waals surface area contributed by atoms with Gasteiger partial charge in [-0.1, -0.05) is 18.2 Å². The van der Waals surface area contributed by atoms with Gasteiger partial charge in [0.1, 0.15) is 5.82 Å². The van der Waals surface area contributed by atoms with Crippen LogP contribution in [0.2, 0.25) is 0 Å². The third kappa shape index (κ3) is 2.65. The van der Waals surface area contributed by atoms with Crippen molar-refractivity contribution in [3.8, 4) is 0 Å². The second-order valence-corrected chi connectivity index (χ2v) is 5.25. The molecule has 3 rings (SSSR count). The number of nitrogens with two attached hydrogens (primary N) is 1. The number of anilines is 1. The molecule has 0 fully saturated rings. The van der Waals surface area contributed by atoms with Gasteiger partial charge in [0.05, 0.1) is 0 Å². The fourth-order valence-corrected chi connectivity index (χ4v) is 2.31. The van der Waals surface area contributed by atoms with E-state index in [1.807, 2.05) is 0 Å². The first-order valence-electron chi connectivity index (χ1n) is 6.83. The average Bonchev–Trinajstić information content (AvgIpc) is 2.83. The number of benzene rings is 1. The standard InChI is InChI=1S/C15H17N5O/c1-8-3-4-10(7-9(8)2)5-6-11-17-12-13(18-11)19-15(16)20-14(12)21/h3-4,7H,5-6H2,1-2H3,(H4,16,17,18,19,20,21). The van der Waals surface area contributed by atoms with Crippen molar-refractivity contribution in [2.24, 2.45) is 0 Å². The Bertz CT molecular complexity index is 862. The smallest absolute Gasteiger partial charge is 0.278 e. The van der Waals surface area contributed by atoms with Gasteiger partial charge in [-0.25, -0.2) is 4.98 Å². The summed E-state index contributed by atoms with van der Waals surface area (Å²) < 4.78 is 0. The molecule has 2 aromatic heterocycles. The van der Waals surface area contributed by atoms with E-state index in [0.717, 1.165) is 18.7 Å². The van der Waals surface area contributed by atoms with Gasteiger partial charge in [-0.2, -0.15) is 4.98 Å². The molecular formula is C15H17N5O. The van der Waals surface area contributed by atoms with Crippen molar-refractivity contribution in [3.63, 3.8) is 0 Å². The molecule has 0 bridgehead atoms. The minimum absolute atomic E-state index is 0.0831. The van der Waals surface area contributed by atoms with Gasteiger partial charge in [-0.3, -0.25) is 9.78 Å². The van der Waals surface area contributed by atoms with Crippen LogP contribution in [0.4, 0.5) is 5.95 Å². The first-order valence-corrected chi connectivity index (χ1v) is 6.83. The zero-order chi connectivity index (χ0) is 15.0. The second kappa shape index (κ2) is 5.05. The zero-order valence-electron chi connectivity index (χ0n) is 12.0. The largest absolute Gasteiger partial charge is 0.369 e. The summed E-state index contributed by atoms with van der Waals surface area (Å²) >= 11 is 0. The third-order valence-corrected chi connectivity index (χ3v) is 3.65. The SMILES string of the molecule is Cc1ccc(CCc2nc3nc(N)[nH]c(=O)c3[nH]2)cc1C. The number of hydrogen-bond acceptors (Lipinski definition) is 4. The maximum atomic E-state index is 11.7. The van der Waals surface area contributed by atoms with Gasteiger partial charge in [0, 0.05) is 6.42 Å². The van der Waals surface area contributed by atoms with Crippen molar-refractivity contribution in [2.75, 3.05) is 5.73 Å². The zero-order valence-corrected chi connectivity index (χ0v) is 12.0. The van der Waals surface area contributed by atoms with Gasteiger partial charge in [0.25, 0.3) is 5.56 Å². The normalized spacial score (nSPS) is 11.1. The molecule has 0 saturated carbocycles. The van der Waals surface area contributed by atoms with E-state index >= 15 is 0 Å². The van der Waals surface area contributed by atoms with Crippen LogP contribution < -0.4 is 11.3 Å². The van der Waals surface area contributed by atoms with E-state index in [1.54, 1.807) is 0 Å². The van der Waals surface area contributed by atoms with Crippen molar-refractivity contribution in [1.29, 1.82) is 0 Å². The first kappa shape index (κ1) is 13.4. The lowest BCUT2D eigenvalue weighted by molar-refractivity contribution is 0.887. The van der Waals surface area contributed by atoms with Gasteiger partial charge >= 0.3 is 0 Å². The van der Waals surface area contributed by atoms with E-state index in [9.17, 15) is 4.79 Å². The van der Waals surface area contributed by atoms with Crippen molar-refractivity contribution in [2.45, 2.75) is 26.7 Å². The van der Waals surface area contributed by atoms with Crippen LogP contribution >= 0.6 is 0 Å². The summed E-state index contributed by atoms with van der Waals surface area (Å²) in [6.45, 7) is 4.20. The predicted molar refractivity (Wildman–Crippen MR) is 82.2 cm³/mol. The van der Waals surface area contributed by atoms with E-state index in [4.69, 9.17) is 5.73 Å². The van der Waals surface area contributed by atoms with Crippen LogP contribution in [-0.4, -0.2) is 19.9 Å². The average molecular weight is 283 g/mol. The summed E-state index contributed by atoms with van der Waals surface area (Å²) in [6.07, 6.45) is 1.58. The predicted octanol–water partition coefficient (Wildman–Crippen LogP) is 1.63. The maximum Gasteiger partial charge on any atom is 0.278 e. The maximum absolute atomic E-state index is 11.7. The number of nitrogens with one attached hydrogen (secondary N) is 2. The molecule has 0 amide bonds. The lowest BCUT2D eigenvalue weighted by atomic mass is 10.0. The molecule has 6 heteroatoms. The highest BCUT2D eigenvalue weighted by Gasteiger charge is 2.08. The number of nitrogen functional groups attached to an aromatic ring is 1. The number of hydrogen-bond donors (Lipinski definition) is 3. The van der Waals surface area contributed by atoms with Crippen LogP contribution in [0, 0.1) is 13.8 Å². The molecular weight excluding hydrogens is 266 g/mol. The highest BCUT2D eigenvalue weighted by atomic mass is 16.1. The van der Waals surface area contributed by atoms with Crippen LogP contribution in [0.1, 0.15) is 22.5 Å². The molecule has 4 N–H and O–H groups in total. The third-order valence-electron chi connectivity index (χ3n) is 3.65. The van der Waals surface area contributed by atoms with Gasteiger partial charge in [-0.15, -0.1) is 0 Å². The quantitative estimate of drug-likeness (QED) is 0.680. The number of imidazole rings is 1. The number of nitrogens with zero attached hydrogens (tertiary/aromatic N) is 2. The summed E-state index contributed by atoms with van der Waals surface area (Å²) in [6, 6.07) is 6.42. The highest BCUT2D eigenvalue weighted by molar-refractivity contribution is 5.70. The molecule has 6 nitrogen and oxygen atoms in total. The molecule has 1 aromatic carbocycles. The van der Waals surface area contributed by atoms with Crippen LogP contribution in [0.5, 0.6) is 0 Å². The summed E-state index contributed by atoms with van der Waals surface area (Å²) in [5.74, 6) is 0.825. The summed E-state index contributed by atoms with van der Waals surface area (Å²) in [5.41, 5.74) is 9.78. The van der Waals surface area contributed by atoms with Crippen molar-refractivity contribution in [3.05, 3.63) is 51.1 Å². The molecule has 0 aliphatic carbocycles. The van der Waals surface area contributed by atoms with Crippen LogP contribution in [-0.2, 0) is 12.8 Å². The Morgan fingerprint density at radius 2 is 1.90 bits per heavy atom. The van der Waals surface area contributed by atoms with E-state index in [1.165, 1.54) is 16.7 Å². The number of rotatable bonds is 3. The second-order valence-electron chi connectivity index (χ2n) is 5.25. The molecule has 0 aliphatic heterocycles. The lowest BCUT2D eigenvalue weighted by Gasteiger charge is -2.04. The van der Waals surface area contributed by atoms with Crippen LogP contribution in [0.3, 0.4) is 0 Å². The minimum atomic E-state index is -0.289. The van der Waals surface area contributed by atoms with E-state index in [-0.39, 0.29) is 11.5 Å². The molecule has 108 valence electrons. The van der Waals surface area contributed by atoms with E-state index in [2.05, 4.69) is 52.0 Å². The number of fused-ring (bicyclic) bond motifs is 1. The Hall–Kier alpha value is -2.63. The fraction of sp³-hybridized carbons (Fsp3) is 0.267.